The number of piperidine rings is 1. The Morgan fingerprint density at radius 3 is 2.61 bits per heavy atom. The van der Waals surface area contributed by atoms with Crippen LogP contribution in [0.2, 0.25) is 0 Å². The highest BCUT2D eigenvalue weighted by Gasteiger charge is 2.54. The first-order valence-electron chi connectivity index (χ1n) is 8.12. The Labute approximate surface area is 137 Å². The van der Waals surface area contributed by atoms with E-state index < -0.39 is 0 Å². The average Bonchev–Trinajstić information content (AvgIpc) is 2.79. The summed E-state index contributed by atoms with van der Waals surface area (Å²) in [6.07, 6.45) is 1.88. The van der Waals surface area contributed by atoms with Crippen molar-refractivity contribution in [2.75, 3.05) is 28.1 Å². The van der Waals surface area contributed by atoms with E-state index in [1.54, 1.807) is 7.11 Å². The van der Waals surface area contributed by atoms with Crippen LogP contribution in [-0.4, -0.2) is 57.1 Å². The summed E-state index contributed by atoms with van der Waals surface area (Å²) in [7, 11) is 5.18. The monoisotopic (exact) mass is 319 g/mol. The molecule has 2 saturated heterocycles. The zero-order valence-electron chi connectivity index (χ0n) is 14.0. The van der Waals surface area contributed by atoms with Crippen LogP contribution in [0.1, 0.15) is 24.3 Å². The molecule has 0 radical (unpaired) electrons. The van der Waals surface area contributed by atoms with Crippen LogP contribution < -0.4 is 0 Å². The maximum absolute atomic E-state index is 12.6. The first kappa shape index (κ1) is 16.4. The number of likely N-dealkylation sites (N-methyl/N-ethyl adjacent to an activating group) is 1. The van der Waals surface area contributed by atoms with E-state index >= 15 is 0 Å². The number of carbonyl (C=O) groups is 1. The molecule has 2 bridgehead atoms. The van der Waals surface area contributed by atoms with Gasteiger partial charge in [-0.05, 0) is 25.5 Å². The predicted octanol–water partition coefficient (Wildman–Crippen LogP) is 2.02. The van der Waals surface area contributed by atoms with E-state index in [0.29, 0.717) is 6.04 Å². The van der Waals surface area contributed by atoms with Crippen molar-refractivity contribution in [3.63, 3.8) is 0 Å². The Morgan fingerprint density at radius 2 is 1.96 bits per heavy atom. The van der Waals surface area contributed by atoms with Crippen molar-refractivity contribution in [1.29, 1.82) is 0 Å². The fraction of sp³-hybridized carbons (Fsp3) is 0.611. The van der Waals surface area contributed by atoms with Crippen molar-refractivity contribution in [1.82, 2.24) is 4.90 Å². The number of fused-ring (bicyclic) bond motifs is 2. The van der Waals surface area contributed by atoms with Crippen LogP contribution in [0.5, 0.6) is 0 Å². The molecule has 1 aromatic rings. The third kappa shape index (κ3) is 3.01. The minimum atomic E-state index is -0.215. The van der Waals surface area contributed by atoms with Crippen LogP contribution >= 0.6 is 0 Å². The molecule has 5 nitrogen and oxygen atoms in total. The zero-order chi connectivity index (χ0) is 16.4. The van der Waals surface area contributed by atoms with Gasteiger partial charge in [-0.3, -0.25) is 9.69 Å². The average molecular weight is 319 g/mol. The fourth-order valence-electron chi connectivity index (χ4n) is 4.31. The summed E-state index contributed by atoms with van der Waals surface area (Å²) in [5, 5.41) is 0. The minimum Gasteiger partial charge on any atom is -0.469 e. The molecule has 0 N–H and O–H groups in total. The Hall–Kier alpha value is -1.43. The summed E-state index contributed by atoms with van der Waals surface area (Å²) in [6, 6.07) is 10.7. The van der Waals surface area contributed by atoms with Crippen molar-refractivity contribution in [2.24, 2.45) is 5.92 Å². The first-order chi connectivity index (χ1) is 11.2. The van der Waals surface area contributed by atoms with Gasteiger partial charge >= 0.3 is 5.97 Å². The van der Waals surface area contributed by atoms with Gasteiger partial charge in [-0.15, -0.1) is 0 Å². The lowest BCUT2D eigenvalue weighted by Gasteiger charge is -2.42. The van der Waals surface area contributed by atoms with Crippen molar-refractivity contribution in [2.45, 2.75) is 36.9 Å². The molecule has 0 aromatic heterocycles. The second kappa shape index (κ2) is 6.99. The molecular formula is C18H25NO4. The number of nitrogens with zero attached hydrogens (tertiary/aromatic N) is 1. The number of methoxy groups -OCH3 is 2. The molecule has 3 rings (SSSR count). The van der Waals surface area contributed by atoms with Crippen LogP contribution in [0.4, 0.5) is 0 Å². The Bertz CT molecular complexity index is 535. The Balaban J connectivity index is 1.92. The molecule has 5 heteroatoms. The Morgan fingerprint density at radius 1 is 1.22 bits per heavy atom. The SMILES string of the molecule is COCO[C@@H]1C[C@H]2C[C@H](c3ccccc3)[C@H](C(=O)OC)[C@@H]1N2C. The van der Waals surface area contributed by atoms with Gasteiger partial charge in [-0.2, -0.15) is 0 Å². The molecular weight excluding hydrogens is 294 g/mol. The van der Waals surface area contributed by atoms with Crippen molar-refractivity contribution < 1.29 is 19.0 Å². The topological polar surface area (TPSA) is 48.0 Å². The molecule has 1 aromatic carbocycles. The molecule has 2 aliphatic heterocycles. The summed E-state index contributed by atoms with van der Waals surface area (Å²) >= 11 is 0. The number of esters is 1. The standard InChI is InChI=1S/C18H25NO4/c1-19-13-9-14(12-7-5-4-6-8-12)16(18(20)22-3)17(19)15(10-13)23-11-21-2/h4-8,13-17H,9-11H2,1-3H3/t13-,14-,15-,16+,17-/m1/s1. The number of benzene rings is 1. The lowest BCUT2D eigenvalue weighted by molar-refractivity contribution is -0.154. The number of rotatable bonds is 5. The molecule has 5 atom stereocenters. The molecule has 23 heavy (non-hydrogen) atoms. The van der Waals surface area contributed by atoms with Gasteiger partial charge in [0, 0.05) is 25.1 Å². The molecule has 0 aliphatic carbocycles. The van der Waals surface area contributed by atoms with Crippen LogP contribution in [0.15, 0.2) is 30.3 Å². The van der Waals surface area contributed by atoms with Crippen LogP contribution in [-0.2, 0) is 19.0 Å². The quantitative estimate of drug-likeness (QED) is 0.614. The van der Waals surface area contributed by atoms with Gasteiger partial charge in [-0.1, -0.05) is 30.3 Å². The Kier molecular flexibility index (Phi) is 4.99. The summed E-state index contributed by atoms with van der Waals surface area (Å²) in [5.41, 5.74) is 1.21. The first-order valence-corrected chi connectivity index (χ1v) is 8.12. The van der Waals surface area contributed by atoms with E-state index in [2.05, 4.69) is 24.1 Å². The maximum Gasteiger partial charge on any atom is 0.310 e. The van der Waals surface area contributed by atoms with E-state index in [9.17, 15) is 4.79 Å². The summed E-state index contributed by atoms with van der Waals surface area (Å²) in [6.45, 7) is 0.256. The lowest BCUT2D eigenvalue weighted by Crippen LogP contribution is -2.52. The van der Waals surface area contributed by atoms with E-state index in [1.807, 2.05) is 18.2 Å². The molecule has 126 valence electrons. The predicted molar refractivity (Wildman–Crippen MR) is 86.0 cm³/mol. The largest absolute Gasteiger partial charge is 0.469 e. The van der Waals surface area contributed by atoms with E-state index in [0.717, 1.165) is 12.8 Å². The molecule has 0 unspecified atom stereocenters. The number of ether oxygens (including phenoxy) is 3. The summed E-state index contributed by atoms with van der Waals surface area (Å²) < 4.78 is 16.1. The molecule has 0 amide bonds. The highest BCUT2D eigenvalue weighted by Crippen LogP contribution is 2.47. The fourth-order valence-corrected chi connectivity index (χ4v) is 4.31. The smallest absolute Gasteiger partial charge is 0.310 e. The minimum absolute atomic E-state index is 0.00256. The van der Waals surface area contributed by atoms with Gasteiger partial charge in [0.2, 0.25) is 0 Å². The number of hydrogen-bond donors (Lipinski definition) is 0. The molecule has 2 aliphatic rings. The normalized spacial score (nSPS) is 33.6. The lowest BCUT2D eigenvalue weighted by atomic mass is 9.76. The third-order valence-corrected chi connectivity index (χ3v) is 5.36. The van der Waals surface area contributed by atoms with Gasteiger partial charge in [0.15, 0.2) is 0 Å². The third-order valence-electron chi connectivity index (χ3n) is 5.36. The molecule has 0 spiro atoms. The van der Waals surface area contributed by atoms with Gasteiger partial charge < -0.3 is 14.2 Å². The highest BCUT2D eigenvalue weighted by molar-refractivity contribution is 5.75. The van der Waals surface area contributed by atoms with E-state index in [-0.39, 0.29) is 36.7 Å². The van der Waals surface area contributed by atoms with Crippen molar-refractivity contribution in [3.05, 3.63) is 35.9 Å². The van der Waals surface area contributed by atoms with Gasteiger partial charge in [0.25, 0.3) is 0 Å². The molecule has 2 heterocycles. The number of carbonyl (C=O) groups excluding carboxylic acids is 1. The van der Waals surface area contributed by atoms with Gasteiger partial charge in [0.05, 0.1) is 19.1 Å². The second-order valence-corrected chi connectivity index (χ2v) is 6.46. The van der Waals surface area contributed by atoms with Gasteiger partial charge in [-0.25, -0.2) is 0 Å². The van der Waals surface area contributed by atoms with Crippen molar-refractivity contribution >= 4 is 5.97 Å². The van der Waals surface area contributed by atoms with E-state index in [1.165, 1.54) is 12.7 Å². The molecule has 0 saturated carbocycles. The second-order valence-electron chi connectivity index (χ2n) is 6.46. The summed E-state index contributed by atoms with van der Waals surface area (Å²) in [5.74, 6) is -0.193. The van der Waals surface area contributed by atoms with E-state index in [4.69, 9.17) is 14.2 Å². The van der Waals surface area contributed by atoms with Gasteiger partial charge in [0.1, 0.15) is 6.79 Å². The zero-order valence-corrected chi connectivity index (χ0v) is 14.0. The maximum atomic E-state index is 12.6. The van der Waals surface area contributed by atoms with Crippen LogP contribution in [0.25, 0.3) is 0 Å². The van der Waals surface area contributed by atoms with Crippen molar-refractivity contribution in [3.8, 4) is 0 Å². The van der Waals surface area contributed by atoms with Crippen LogP contribution in [0, 0.1) is 5.92 Å². The summed E-state index contributed by atoms with van der Waals surface area (Å²) in [4.78, 5) is 14.9. The highest BCUT2D eigenvalue weighted by atomic mass is 16.7. The van der Waals surface area contributed by atoms with Crippen LogP contribution in [0.3, 0.4) is 0 Å². The molecule has 2 fully saturated rings. The number of hydrogen-bond acceptors (Lipinski definition) is 5.